The lowest BCUT2D eigenvalue weighted by atomic mass is 9.69. The fourth-order valence-corrected chi connectivity index (χ4v) is 4.74. The van der Waals surface area contributed by atoms with Crippen LogP contribution in [-0.2, 0) is 4.74 Å². The summed E-state index contributed by atoms with van der Waals surface area (Å²) in [6, 6.07) is 2.54. The van der Waals surface area contributed by atoms with Gasteiger partial charge in [0, 0.05) is 44.4 Å². The lowest BCUT2D eigenvalue weighted by molar-refractivity contribution is -0.0853. The molecule has 4 fully saturated rings. The molecule has 0 amide bonds. The summed E-state index contributed by atoms with van der Waals surface area (Å²) < 4.78 is 5.46. The van der Waals surface area contributed by atoms with E-state index in [1.54, 1.807) is 0 Å². The summed E-state index contributed by atoms with van der Waals surface area (Å²) in [5, 5.41) is 3.77. The van der Waals surface area contributed by atoms with E-state index in [4.69, 9.17) is 4.74 Å². The average molecular weight is 236 g/mol. The zero-order valence-electron chi connectivity index (χ0n) is 10.7. The third-order valence-corrected chi connectivity index (χ3v) is 5.48. The minimum Gasteiger partial charge on any atom is -0.381 e. The second-order valence-electron chi connectivity index (χ2n) is 6.79. The first-order valence-corrected chi connectivity index (χ1v) is 7.41. The van der Waals surface area contributed by atoms with E-state index in [9.17, 15) is 0 Å². The molecule has 4 aliphatic heterocycles. The van der Waals surface area contributed by atoms with Crippen LogP contribution in [0.1, 0.15) is 38.5 Å². The van der Waals surface area contributed by atoms with Gasteiger partial charge < -0.3 is 10.1 Å². The summed E-state index contributed by atoms with van der Waals surface area (Å²) in [6.07, 6.45) is 8.29. The summed E-state index contributed by atoms with van der Waals surface area (Å²) in [7, 11) is 0. The maximum atomic E-state index is 5.46. The molecule has 3 nitrogen and oxygen atoms in total. The van der Waals surface area contributed by atoms with Gasteiger partial charge in [-0.25, -0.2) is 0 Å². The van der Waals surface area contributed by atoms with E-state index >= 15 is 0 Å². The van der Waals surface area contributed by atoms with Crippen molar-refractivity contribution in [2.45, 2.75) is 56.7 Å². The molecular formula is C14H24N2O. The first-order valence-electron chi connectivity index (χ1n) is 7.41. The van der Waals surface area contributed by atoms with Gasteiger partial charge in [-0.15, -0.1) is 0 Å². The number of ether oxygens (including phenoxy) is 1. The van der Waals surface area contributed by atoms with Gasteiger partial charge in [0.25, 0.3) is 0 Å². The Balaban J connectivity index is 1.37. The smallest absolute Gasteiger partial charge is 0.0480 e. The van der Waals surface area contributed by atoms with Crippen LogP contribution in [0.3, 0.4) is 0 Å². The maximum Gasteiger partial charge on any atom is 0.0480 e. The molecule has 96 valence electrons. The molecule has 17 heavy (non-hydrogen) atoms. The van der Waals surface area contributed by atoms with Gasteiger partial charge in [-0.05, 0) is 43.9 Å². The van der Waals surface area contributed by atoms with Crippen LogP contribution in [0.15, 0.2) is 0 Å². The molecule has 0 aromatic heterocycles. The van der Waals surface area contributed by atoms with E-state index in [1.165, 1.54) is 51.6 Å². The number of nitrogens with one attached hydrogen (secondary N) is 1. The molecule has 0 unspecified atom stereocenters. The van der Waals surface area contributed by atoms with Crippen molar-refractivity contribution < 1.29 is 4.74 Å². The Morgan fingerprint density at radius 1 is 0.941 bits per heavy atom. The highest BCUT2D eigenvalue weighted by Crippen LogP contribution is 2.47. The van der Waals surface area contributed by atoms with Gasteiger partial charge in [-0.1, -0.05) is 0 Å². The summed E-state index contributed by atoms with van der Waals surface area (Å²) in [4.78, 5) is 2.74. The van der Waals surface area contributed by atoms with Crippen molar-refractivity contribution in [1.29, 1.82) is 0 Å². The van der Waals surface area contributed by atoms with Gasteiger partial charge >= 0.3 is 0 Å². The first kappa shape index (κ1) is 10.8. The van der Waals surface area contributed by atoms with Crippen molar-refractivity contribution in [1.82, 2.24) is 10.2 Å². The van der Waals surface area contributed by atoms with E-state index < -0.39 is 0 Å². The number of hydrogen-bond donors (Lipinski definition) is 1. The third-order valence-electron chi connectivity index (χ3n) is 5.48. The molecule has 2 atom stereocenters. The van der Waals surface area contributed by atoms with Crippen LogP contribution < -0.4 is 5.32 Å². The minimum atomic E-state index is 0.704. The number of hydrogen-bond acceptors (Lipinski definition) is 3. The predicted molar refractivity (Wildman–Crippen MR) is 67.0 cm³/mol. The molecule has 1 spiro atoms. The van der Waals surface area contributed by atoms with E-state index in [-0.39, 0.29) is 0 Å². The second kappa shape index (κ2) is 3.94. The van der Waals surface area contributed by atoms with E-state index in [1.807, 2.05) is 0 Å². The van der Waals surface area contributed by atoms with Crippen LogP contribution in [-0.4, -0.2) is 49.3 Å². The summed E-state index contributed by atoms with van der Waals surface area (Å²) in [6.45, 7) is 4.74. The summed E-state index contributed by atoms with van der Waals surface area (Å²) >= 11 is 0. The molecule has 0 radical (unpaired) electrons. The normalized spacial score (nSPS) is 41.6. The molecule has 0 aromatic rings. The van der Waals surface area contributed by atoms with Gasteiger partial charge in [0.2, 0.25) is 0 Å². The van der Waals surface area contributed by atoms with Crippen LogP contribution in [0.2, 0.25) is 0 Å². The van der Waals surface area contributed by atoms with Gasteiger partial charge in [-0.2, -0.15) is 0 Å². The van der Waals surface area contributed by atoms with Gasteiger partial charge in [0.1, 0.15) is 0 Å². The molecule has 0 aliphatic carbocycles. The number of nitrogens with zero attached hydrogens (tertiary/aromatic N) is 1. The molecule has 0 aromatic carbocycles. The Labute approximate surface area is 104 Å². The fraction of sp³-hybridized carbons (Fsp3) is 1.00. The zero-order chi connectivity index (χ0) is 11.3. The first-order chi connectivity index (χ1) is 8.33. The Kier molecular flexibility index (Phi) is 2.50. The van der Waals surface area contributed by atoms with Crippen molar-refractivity contribution in [3.63, 3.8) is 0 Å². The molecule has 4 rings (SSSR count). The highest BCUT2D eigenvalue weighted by atomic mass is 16.5. The van der Waals surface area contributed by atoms with Crippen LogP contribution in [0.25, 0.3) is 0 Å². The van der Waals surface area contributed by atoms with Crippen molar-refractivity contribution >= 4 is 0 Å². The Bertz CT molecular complexity index is 281. The topological polar surface area (TPSA) is 24.5 Å². The van der Waals surface area contributed by atoms with Gasteiger partial charge in [0.05, 0.1) is 0 Å². The highest BCUT2D eigenvalue weighted by Gasteiger charge is 2.51. The number of rotatable bonds is 1. The molecule has 4 saturated heterocycles. The summed E-state index contributed by atoms with van der Waals surface area (Å²) in [5.74, 6) is 0. The standard InChI is InChI=1S/C14H24N2O/c1-2-12-8-14(7-11(1)15-12)9-16(10-14)13-3-5-17-6-4-13/h11-13,15H,1-10H2/t11-,12+. The Morgan fingerprint density at radius 3 is 2.24 bits per heavy atom. The number of likely N-dealkylation sites (tertiary alicyclic amines) is 1. The van der Waals surface area contributed by atoms with E-state index in [2.05, 4.69) is 10.2 Å². The number of fused-ring (bicyclic) bond motifs is 2. The summed E-state index contributed by atoms with van der Waals surface area (Å²) in [5.41, 5.74) is 0.704. The van der Waals surface area contributed by atoms with Gasteiger partial charge in [0.15, 0.2) is 0 Å². The third kappa shape index (κ3) is 1.83. The molecule has 4 heterocycles. The SMILES string of the molecule is C1CC(N2CC3(C[C@H]4CC[C@@H](C3)N4)C2)CCO1. The van der Waals surface area contributed by atoms with Gasteiger partial charge in [-0.3, -0.25) is 4.90 Å². The molecule has 2 bridgehead atoms. The monoisotopic (exact) mass is 236 g/mol. The van der Waals surface area contributed by atoms with Crippen molar-refractivity contribution in [2.75, 3.05) is 26.3 Å². The van der Waals surface area contributed by atoms with Crippen molar-refractivity contribution in [2.24, 2.45) is 5.41 Å². The van der Waals surface area contributed by atoms with E-state index in [0.717, 1.165) is 31.3 Å². The largest absolute Gasteiger partial charge is 0.381 e. The predicted octanol–water partition coefficient (Wildman–Crippen LogP) is 1.38. The Morgan fingerprint density at radius 2 is 1.59 bits per heavy atom. The molecule has 3 heteroatoms. The van der Waals surface area contributed by atoms with E-state index in [0.29, 0.717) is 5.41 Å². The highest BCUT2D eigenvalue weighted by molar-refractivity contribution is 5.07. The molecule has 1 N–H and O–H groups in total. The van der Waals surface area contributed by atoms with Crippen LogP contribution >= 0.6 is 0 Å². The molecular weight excluding hydrogens is 212 g/mol. The average Bonchev–Trinajstić information content (AvgIpc) is 2.67. The van der Waals surface area contributed by atoms with Crippen LogP contribution in [0.5, 0.6) is 0 Å². The lowest BCUT2D eigenvalue weighted by Gasteiger charge is -2.57. The molecule has 0 saturated carbocycles. The lowest BCUT2D eigenvalue weighted by Crippen LogP contribution is -2.64. The second-order valence-corrected chi connectivity index (χ2v) is 6.79. The quantitative estimate of drug-likeness (QED) is 0.744. The van der Waals surface area contributed by atoms with Crippen LogP contribution in [0.4, 0.5) is 0 Å². The fourth-order valence-electron chi connectivity index (χ4n) is 4.74. The van der Waals surface area contributed by atoms with Crippen LogP contribution in [0, 0.1) is 5.41 Å². The Hall–Kier alpha value is -0.120. The zero-order valence-corrected chi connectivity index (χ0v) is 10.7. The maximum absolute atomic E-state index is 5.46. The van der Waals surface area contributed by atoms with Crippen molar-refractivity contribution in [3.8, 4) is 0 Å². The minimum absolute atomic E-state index is 0.704. The molecule has 4 aliphatic rings. The van der Waals surface area contributed by atoms with Crippen molar-refractivity contribution in [3.05, 3.63) is 0 Å². The number of piperidine rings is 1.